The SMILES string of the molecule is COc1ccc(C(N)(c2ccc(OC)cc2)C(N)C(C)C)cc1.FB(F)F.[Cl][Ru+2].[F-].c1ccc(P(c2ccccc2)c2ccc3ccccc3c2-c2c(P(c3ccccc3)c3ccccc3)ccc3ccccc23)cc1. The largest absolute Gasteiger partial charge is 1.00 e. The Kier molecular flexibility index (Phi) is 22.4. The second-order valence-corrected chi connectivity index (χ2v) is 22.1. The van der Waals surface area contributed by atoms with Gasteiger partial charge in [0.1, 0.15) is 11.5 Å². The number of hydrogen-bond acceptors (Lipinski definition) is 4. The first-order chi connectivity index (χ1) is 36.5. The standard InChI is InChI=1S/C44H32P2.C19H26N2O2.BF3.ClH.FH.Ru/c1-5-19-35(20-6-1)45(36-21-7-2-8-22-36)41-31-29-33-17-13-15-27-39(33)43(41)44-40-28-16-14-18-34(40)30-32-42(44)46(37-23-9-3-10-24-37)38-25-11-4-12-26-38;1-13(2)18(20)19(21,14-5-9-16(22-3)10-6-14)15-7-11-17(23-4)12-8-15;2-1(3)4;;;/h1-32H;5-13,18H,20-21H2,1-4H3;;2*1H;/q;;;;;+3/p-2. The molecule has 0 aliphatic rings. The van der Waals surface area contributed by atoms with Crippen LogP contribution in [0.3, 0.4) is 0 Å². The van der Waals surface area contributed by atoms with Gasteiger partial charge in [-0.25, -0.2) is 0 Å². The Hall–Kier alpha value is -6.20. The van der Waals surface area contributed by atoms with Crippen molar-refractivity contribution < 1.29 is 44.4 Å². The first-order valence-corrected chi connectivity index (χ1v) is 29.2. The minimum atomic E-state index is -3.67. The van der Waals surface area contributed by atoms with E-state index in [2.05, 4.69) is 218 Å². The predicted molar refractivity (Wildman–Crippen MR) is 313 cm³/mol. The third-order valence-corrected chi connectivity index (χ3v) is 17.9. The van der Waals surface area contributed by atoms with Crippen molar-refractivity contribution in [2.75, 3.05) is 14.2 Å². The third-order valence-electron chi connectivity index (χ3n) is 13.0. The summed E-state index contributed by atoms with van der Waals surface area (Å²) in [6, 6.07) is 87.1. The summed E-state index contributed by atoms with van der Waals surface area (Å²) in [5.74, 6) is 1.82. The first-order valence-electron chi connectivity index (χ1n) is 24.3. The van der Waals surface area contributed by atoms with Crippen LogP contribution in [0.15, 0.2) is 243 Å². The van der Waals surface area contributed by atoms with Crippen LogP contribution in [0.25, 0.3) is 32.7 Å². The molecule has 4 N–H and O–H groups in total. The Bertz CT molecular complexity index is 3050. The molecule has 0 saturated carbocycles. The molecular formula is C63H58BClF4N2O2P2Ru+. The summed E-state index contributed by atoms with van der Waals surface area (Å²) >= 11 is 1.82. The van der Waals surface area contributed by atoms with E-state index in [1.807, 2.05) is 65.8 Å². The zero-order valence-corrected chi connectivity index (χ0v) is 46.7. The summed E-state index contributed by atoms with van der Waals surface area (Å²) in [4.78, 5) is 0. The van der Waals surface area contributed by atoms with Gasteiger partial charge in [-0.3, -0.25) is 12.9 Å². The second kappa shape index (κ2) is 28.8. The number of halogens is 5. The van der Waals surface area contributed by atoms with Crippen LogP contribution in [0, 0.1) is 5.92 Å². The molecule has 0 aliphatic carbocycles. The topological polar surface area (TPSA) is 70.5 Å². The summed E-state index contributed by atoms with van der Waals surface area (Å²) in [5.41, 5.74) is 17.2. The van der Waals surface area contributed by atoms with Gasteiger partial charge in [0.15, 0.2) is 0 Å². The molecule has 0 bridgehead atoms. The van der Waals surface area contributed by atoms with Crippen molar-refractivity contribution in [1.29, 1.82) is 0 Å². The van der Waals surface area contributed by atoms with E-state index in [-0.39, 0.29) is 16.7 Å². The van der Waals surface area contributed by atoms with Crippen LogP contribution in [0.4, 0.5) is 12.9 Å². The molecule has 1 atom stereocenters. The monoisotopic (exact) mass is 1160 g/mol. The Morgan fingerprint density at radius 1 is 0.447 bits per heavy atom. The summed E-state index contributed by atoms with van der Waals surface area (Å²) in [6.07, 6.45) is 0. The van der Waals surface area contributed by atoms with Crippen LogP contribution in [-0.4, -0.2) is 27.8 Å². The minimum absolute atomic E-state index is 0. The molecule has 1 unspecified atom stereocenters. The van der Waals surface area contributed by atoms with Crippen molar-refractivity contribution in [2.45, 2.75) is 25.4 Å². The normalized spacial score (nSPS) is 11.3. The Labute approximate surface area is 461 Å². The van der Waals surface area contributed by atoms with E-state index in [1.165, 1.54) is 64.5 Å². The maximum atomic E-state index is 9.67. The van der Waals surface area contributed by atoms with E-state index in [1.54, 1.807) is 14.2 Å². The average Bonchev–Trinajstić information content (AvgIpc) is 3.49. The molecule has 13 heteroatoms. The van der Waals surface area contributed by atoms with E-state index in [0.717, 1.165) is 22.6 Å². The van der Waals surface area contributed by atoms with Gasteiger partial charge in [0, 0.05) is 6.04 Å². The van der Waals surface area contributed by atoms with Gasteiger partial charge in [0.05, 0.1) is 19.8 Å². The number of methoxy groups -OCH3 is 2. The molecule has 0 aliphatic heterocycles. The maximum absolute atomic E-state index is 9.67. The summed E-state index contributed by atoms with van der Waals surface area (Å²) in [6.45, 7) is 4.17. The number of ether oxygens (including phenoxy) is 2. The fourth-order valence-electron chi connectivity index (χ4n) is 9.39. The number of hydrogen-bond donors (Lipinski definition) is 2. The zero-order valence-electron chi connectivity index (χ0n) is 42.4. The van der Waals surface area contributed by atoms with Crippen LogP contribution in [0.5, 0.6) is 11.5 Å². The molecule has 0 amide bonds. The van der Waals surface area contributed by atoms with E-state index in [4.69, 9.17) is 20.9 Å². The Morgan fingerprint density at radius 3 is 1.00 bits per heavy atom. The number of rotatable bonds is 13. The average molecular weight is 1160 g/mol. The van der Waals surface area contributed by atoms with Crippen molar-refractivity contribution in [2.24, 2.45) is 17.4 Å². The summed E-state index contributed by atoms with van der Waals surface area (Å²) in [7, 11) is 2.49. The molecule has 10 aromatic carbocycles. The maximum Gasteiger partial charge on any atom is -0.000884 e. The first kappa shape index (κ1) is 59.0. The molecule has 76 heavy (non-hydrogen) atoms. The van der Waals surface area contributed by atoms with Crippen LogP contribution >= 0.6 is 25.5 Å². The molecule has 0 aromatic heterocycles. The van der Waals surface area contributed by atoms with Gasteiger partial charge in [-0.2, -0.15) is 0 Å². The summed E-state index contributed by atoms with van der Waals surface area (Å²) in [5, 5.41) is 13.3. The summed E-state index contributed by atoms with van der Waals surface area (Å²) < 4.78 is 39.5. The van der Waals surface area contributed by atoms with Crippen LogP contribution in [0.1, 0.15) is 25.0 Å². The molecule has 387 valence electrons. The van der Waals surface area contributed by atoms with Crippen molar-refractivity contribution in [1.82, 2.24) is 0 Å². The van der Waals surface area contributed by atoms with Gasteiger partial charge in [-0.15, -0.1) is 0 Å². The van der Waals surface area contributed by atoms with E-state index < -0.39 is 28.9 Å². The van der Waals surface area contributed by atoms with Crippen molar-refractivity contribution in [3.8, 4) is 22.6 Å². The van der Waals surface area contributed by atoms with Gasteiger partial charge in [0.2, 0.25) is 0 Å². The van der Waals surface area contributed by atoms with Gasteiger partial charge in [-0.1, -0.05) is 232 Å². The predicted octanol–water partition coefficient (Wildman–Crippen LogP) is 10.6. The fourth-order valence-corrected chi connectivity index (χ4v) is 14.3. The van der Waals surface area contributed by atoms with Crippen LogP contribution in [0.2, 0.25) is 0 Å². The molecule has 10 aromatic rings. The Morgan fingerprint density at radius 2 is 0.724 bits per heavy atom. The van der Waals surface area contributed by atoms with E-state index in [0.29, 0.717) is 0 Å². The third kappa shape index (κ3) is 13.8. The molecule has 0 saturated heterocycles. The molecule has 0 radical (unpaired) electrons. The minimum Gasteiger partial charge on any atom is -1.00 e. The number of benzene rings is 10. The molecule has 0 heterocycles. The number of fused-ring (bicyclic) bond motifs is 2. The molecule has 4 nitrogen and oxygen atoms in total. The van der Waals surface area contributed by atoms with E-state index >= 15 is 0 Å². The van der Waals surface area contributed by atoms with E-state index in [9.17, 15) is 12.9 Å². The smallest absolute Gasteiger partial charge is 0.000884 e. The molecule has 10 rings (SSSR count). The zero-order chi connectivity index (χ0) is 53.3. The second-order valence-electron chi connectivity index (χ2n) is 17.7. The fraction of sp³-hybridized carbons (Fsp3) is 0.111. The van der Waals surface area contributed by atoms with Crippen molar-refractivity contribution in [3.05, 3.63) is 254 Å². The van der Waals surface area contributed by atoms with Crippen molar-refractivity contribution >= 4 is 86.5 Å². The molecule has 0 spiro atoms. The van der Waals surface area contributed by atoms with Crippen molar-refractivity contribution in [3.63, 3.8) is 0 Å². The van der Waals surface area contributed by atoms with Gasteiger partial charge in [-0.05, 0) is 122 Å². The molecule has 0 fully saturated rings. The van der Waals surface area contributed by atoms with Crippen LogP contribution < -0.4 is 57.5 Å². The van der Waals surface area contributed by atoms with Gasteiger partial charge in [0.25, 0.3) is 0 Å². The number of nitrogens with two attached hydrogens (primary N) is 2. The molecular weight excluding hydrogens is 1100 g/mol. The van der Waals surface area contributed by atoms with Gasteiger partial charge >= 0.3 is 34.5 Å². The Balaban J connectivity index is 0.000000263. The van der Waals surface area contributed by atoms with Gasteiger partial charge < -0.3 is 25.6 Å². The van der Waals surface area contributed by atoms with Crippen LogP contribution in [-0.2, 0) is 22.9 Å². The quantitative estimate of drug-likeness (QED) is 0.0686.